The van der Waals surface area contributed by atoms with Crippen molar-refractivity contribution in [3.05, 3.63) is 51.2 Å². The van der Waals surface area contributed by atoms with Crippen LogP contribution < -0.4 is 24.7 Å². The molecule has 1 saturated heterocycles. The van der Waals surface area contributed by atoms with Crippen LogP contribution in [0.4, 0.5) is 10.2 Å². The fraction of sp³-hybridized carbons (Fsp3) is 0.435. The van der Waals surface area contributed by atoms with Crippen molar-refractivity contribution in [1.82, 2.24) is 14.6 Å². The Hall–Kier alpha value is -3.10. The Morgan fingerprint density at radius 2 is 1.67 bits per heavy atom. The SMILES string of the molecule is [B]C1([B])Oc2ccc(OC3CCN(c4nn5c(=O)c(F)c(C)nc5c(C)c4C)CC3)cc2OC1([B])[B]. The highest BCUT2D eigenvalue weighted by Gasteiger charge is 2.43. The summed E-state index contributed by atoms with van der Waals surface area (Å²) < 4.78 is 32.4. The van der Waals surface area contributed by atoms with Gasteiger partial charge in [-0.3, -0.25) is 4.79 Å². The van der Waals surface area contributed by atoms with Gasteiger partial charge in [-0.1, -0.05) is 0 Å². The molecule has 0 unspecified atom stereocenters. The van der Waals surface area contributed by atoms with E-state index in [1.807, 2.05) is 13.8 Å². The van der Waals surface area contributed by atoms with Crippen molar-refractivity contribution >= 4 is 42.9 Å². The quantitative estimate of drug-likeness (QED) is 0.518. The van der Waals surface area contributed by atoms with E-state index in [0.29, 0.717) is 48.9 Å². The maximum atomic E-state index is 14.2. The largest absolute Gasteiger partial charge is 0.501 e. The van der Waals surface area contributed by atoms with Crippen molar-refractivity contribution in [2.24, 2.45) is 0 Å². The standard InChI is InChI=1S/C23H21B4FN4O4/c1-11-12(2)20(30-32-19(11)29-13(3)18(28)21(32)33)31-8-6-14(7-9-31)34-15-4-5-16-17(10-15)36-23(26,27)22(24,25)35-16/h4-5,10,14H,6-9H2,1-3H3. The molecule has 2 aliphatic rings. The minimum atomic E-state index is -1.92. The lowest BCUT2D eigenvalue weighted by Crippen LogP contribution is -2.65. The van der Waals surface area contributed by atoms with E-state index in [0.717, 1.165) is 15.6 Å². The fourth-order valence-corrected chi connectivity index (χ4v) is 4.37. The summed E-state index contributed by atoms with van der Waals surface area (Å²) in [5, 5.41) is 0.636. The highest BCUT2D eigenvalue weighted by Crippen LogP contribution is 2.41. The number of halogens is 1. The number of hydrogen-bond donors (Lipinski definition) is 0. The lowest BCUT2D eigenvalue weighted by molar-refractivity contribution is 0.0609. The van der Waals surface area contributed by atoms with Crippen LogP contribution in [0.3, 0.4) is 0 Å². The van der Waals surface area contributed by atoms with Crippen LogP contribution in [0.1, 0.15) is 29.7 Å². The molecule has 0 aliphatic carbocycles. The molecule has 2 aliphatic heterocycles. The zero-order valence-corrected chi connectivity index (χ0v) is 20.2. The molecule has 8 radical (unpaired) electrons. The minimum absolute atomic E-state index is 0.0585. The maximum absolute atomic E-state index is 14.2. The molecule has 3 aromatic rings. The van der Waals surface area contributed by atoms with E-state index >= 15 is 0 Å². The van der Waals surface area contributed by atoms with Crippen molar-refractivity contribution in [3.63, 3.8) is 0 Å². The third-order valence-corrected chi connectivity index (χ3v) is 6.73. The summed E-state index contributed by atoms with van der Waals surface area (Å²) in [4.78, 5) is 18.8. The fourth-order valence-electron chi connectivity index (χ4n) is 4.37. The maximum Gasteiger partial charge on any atom is 0.310 e. The van der Waals surface area contributed by atoms with Gasteiger partial charge in [0.15, 0.2) is 23.0 Å². The lowest BCUT2D eigenvalue weighted by Gasteiger charge is -2.48. The molecule has 0 saturated carbocycles. The van der Waals surface area contributed by atoms with Gasteiger partial charge >= 0.3 is 5.56 Å². The van der Waals surface area contributed by atoms with E-state index in [-0.39, 0.29) is 17.5 Å². The topological polar surface area (TPSA) is 78.2 Å². The normalized spacial score (nSPS) is 18.8. The second kappa shape index (κ2) is 8.49. The minimum Gasteiger partial charge on any atom is -0.501 e. The van der Waals surface area contributed by atoms with Gasteiger partial charge in [0.05, 0.1) is 5.69 Å². The van der Waals surface area contributed by atoms with Gasteiger partial charge in [-0.15, -0.1) is 5.10 Å². The number of piperidine rings is 1. The van der Waals surface area contributed by atoms with Gasteiger partial charge in [0.25, 0.3) is 0 Å². The molecule has 0 spiro atoms. The van der Waals surface area contributed by atoms with Crippen LogP contribution in [0.5, 0.6) is 17.2 Å². The summed E-state index contributed by atoms with van der Waals surface area (Å²) in [6.07, 6.45) is 1.29. The van der Waals surface area contributed by atoms with Gasteiger partial charge in [0.1, 0.15) is 43.2 Å². The van der Waals surface area contributed by atoms with E-state index in [4.69, 9.17) is 45.6 Å². The van der Waals surface area contributed by atoms with Crippen molar-refractivity contribution in [2.45, 2.75) is 50.5 Å². The van der Waals surface area contributed by atoms with E-state index in [1.54, 1.807) is 18.2 Å². The number of anilines is 1. The van der Waals surface area contributed by atoms with Crippen LogP contribution in [0.15, 0.2) is 23.0 Å². The zero-order valence-electron chi connectivity index (χ0n) is 20.2. The van der Waals surface area contributed by atoms with Crippen molar-refractivity contribution < 1.29 is 18.6 Å². The Bertz CT molecular complexity index is 1420. The average Bonchev–Trinajstić information content (AvgIpc) is 2.81. The molecule has 4 heterocycles. The highest BCUT2D eigenvalue weighted by atomic mass is 19.1. The molecular formula is C23H21B4FN4O4. The monoisotopic (exact) mass is 480 g/mol. The molecule has 0 bridgehead atoms. The summed E-state index contributed by atoms with van der Waals surface area (Å²) in [5.41, 5.74) is 1.28. The second-order valence-electron chi connectivity index (χ2n) is 9.33. The number of nitrogens with zero attached hydrogens (tertiary/aromatic N) is 4. The van der Waals surface area contributed by atoms with Crippen LogP contribution in [-0.2, 0) is 0 Å². The molecule has 8 nitrogen and oxygen atoms in total. The third kappa shape index (κ3) is 4.02. The molecule has 13 heteroatoms. The first kappa shape index (κ1) is 24.6. The van der Waals surface area contributed by atoms with Gasteiger partial charge in [0, 0.05) is 53.9 Å². The molecule has 0 N–H and O–H groups in total. The van der Waals surface area contributed by atoms with E-state index in [2.05, 4.69) is 15.0 Å². The van der Waals surface area contributed by atoms with Crippen LogP contribution in [0.2, 0.25) is 0 Å². The Morgan fingerprint density at radius 3 is 2.33 bits per heavy atom. The first-order chi connectivity index (χ1) is 16.9. The molecule has 5 rings (SSSR count). The van der Waals surface area contributed by atoms with E-state index < -0.39 is 22.2 Å². The number of ether oxygens (including phenoxy) is 3. The second-order valence-corrected chi connectivity index (χ2v) is 9.33. The molecular weight excluding hydrogens is 459 g/mol. The Kier molecular flexibility index (Phi) is 5.80. The number of fused-ring (bicyclic) bond motifs is 2. The molecule has 2 aromatic heterocycles. The smallest absolute Gasteiger partial charge is 0.310 e. The zero-order chi connectivity index (χ0) is 26.0. The Morgan fingerprint density at radius 1 is 1.03 bits per heavy atom. The van der Waals surface area contributed by atoms with Crippen LogP contribution in [0.25, 0.3) is 5.65 Å². The molecule has 0 atom stereocenters. The molecule has 1 aromatic carbocycles. The van der Waals surface area contributed by atoms with Gasteiger partial charge in [-0.2, -0.15) is 8.91 Å². The molecule has 0 amide bonds. The Labute approximate surface area is 213 Å². The molecule has 1 fully saturated rings. The summed E-state index contributed by atoms with van der Waals surface area (Å²) in [6, 6.07) is 4.97. The summed E-state index contributed by atoms with van der Waals surface area (Å²) in [5.74, 6) is 0.852. The average molecular weight is 480 g/mol. The van der Waals surface area contributed by atoms with Crippen LogP contribution in [0, 0.1) is 26.6 Å². The number of aryl methyl sites for hydroxylation is 2. The predicted octanol–water partition coefficient (Wildman–Crippen LogP) is 0.954. The van der Waals surface area contributed by atoms with Crippen LogP contribution >= 0.6 is 0 Å². The van der Waals surface area contributed by atoms with Crippen molar-refractivity contribution in [1.29, 1.82) is 0 Å². The molecule has 176 valence electrons. The van der Waals surface area contributed by atoms with Crippen molar-refractivity contribution in [2.75, 3.05) is 18.0 Å². The summed E-state index contributed by atoms with van der Waals surface area (Å²) in [7, 11) is 23.3. The summed E-state index contributed by atoms with van der Waals surface area (Å²) >= 11 is 0. The number of aromatic nitrogens is 3. The first-order valence-corrected chi connectivity index (χ1v) is 11.5. The summed E-state index contributed by atoms with van der Waals surface area (Å²) in [6.45, 7) is 6.50. The van der Waals surface area contributed by atoms with Gasteiger partial charge in [-0.25, -0.2) is 4.98 Å². The van der Waals surface area contributed by atoms with Crippen molar-refractivity contribution in [3.8, 4) is 17.2 Å². The van der Waals surface area contributed by atoms with E-state index in [9.17, 15) is 9.18 Å². The van der Waals surface area contributed by atoms with Gasteiger partial charge < -0.3 is 19.1 Å². The molecule has 36 heavy (non-hydrogen) atoms. The number of hydrogen-bond acceptors (Lipinski definition) is 7. The third-order valence-electron chi connectivity index (χ3n) is 6.73. The van der Waals surface area contributed by atoms with E-state index in [1.165, 1.54) is 6.92 Å². The highest BCUT2D eigenvalue weighted by molar-refractivity contribution is 6.53. The lowest BCUT2D eigenvalue weighted by atomic mass is 9.41. The predicted molar refractivity (Wildman–Crippen MR) is 135 cm³/mol. The van der Waals surface area contributed by atoms with Gasteiger partial charge in [0.2, 0.25) is 5.82 Å². The first-order valence-electron chi connectivity index (χ1n) is 11.5. The Balaban J connectivity index is 1.32. The number of benzene rings is 1. The van der Waals surface area contributed by atoms with Crippen LogP contribution in [-0.4, -0.2) is 76.0 Å². The van der Waals surface area contributed by atoms with Gasteiger partial charge in [-0.05, 0) is 32.9 Å². The number of rotatable bonds is 3.